The van der Waals surface area contributed by atoms with E-state index in [1.165, 1.54) is 11.1 Å². The van der Waals surface area contributed by atoms with Gasteiger partial charge in [-0.25, -0.2) is 0 Å². The Morgan fingerprint density at radius 2 is 2.30 bits per heavy atom. The van der Waals surface area contributed by atoms with Gasteiger partial charge >= 0.3 is 0 Å². The van der Waals surface area contributed by atoms with Gasteiger partial charge in [-0.15, -0.1) is 0 Å². The van der Waals surface area contributed by atoms with Gasteiger partial charge in [0, 0.05) is 38.6 Å². The van der Waals surface area contributed by atoms with Gasteiger partial charge in [-0.3, -0.25) is 9.98 Å². The number of methoxy groups -OCH3 is 1. The first kappa shape index (κ1) is 16.4. The maximum absolute atomic E-state index is 5.12. The molecule has 1 aromatic rings. The Morgan fingerprint density at radius 1 is 1.50 bits per heavy atom. The maximum Gasteiger partial charge on any atom is 0.191 e. The number of nitrogens with one attached hydrogen (secondary N) is 2. The topological polar surface area (TPSA) is 58.5 Å². The van der Waals surface area contributed by atoms with Gasteiger partial charge < -0.3 is 15.4 Å². The molecule has 1 rings (SSSR count). The summed E-state index contributed by atoms with van der Waals surface area (Å²) in [6, 6.07) is 2.29. The van der Waals surface area contributed by atoms with Crippen LogP contribution in [0.25, 0.3) is 0 Å². The Labute approximate surface area is 121 Å². The second kappa shape index (κ2) is 9.31. The van der Waals surface area contributed by atoms with Crippen molar-refractivity contribution in [1.29, 1.82) is 0 Å². The lowest BCUT2D eigenvalue weighted by molar-refractivity contribution is 0.179. The first-order valence-corrected chi connectivity index (χ1v) is 7.10. The minimum atomic E-state index is 0.237. The summed E-state index contributed by atoms with van der Waals surface area (Å²) in [5.74, 6) is 0.837. The Bertz CT molecular complexity index is 420. The van der Waals surface area contributed by atoms with Crippen molar-refractivity contribution < 1.29 is 4.74 Å². The highest BCUT2D eigenvalue weighted by molar-refractivity contribution is 5.80. The van der Waals surface area contributed by atoms with E-state index in [1.807, 2.05) is 12.4 Å². The minimum absolute atomic E-state index is 0.237. The molecule has 1 unspecified atom stereocenters. The predicted molar refractivity (Wildman–Crippen MR) is 83.1 cm³/mol. The van der Waals surface area contributed by atoms with Crippen LogP contribution in [0, 0.1) is 6.92 Å². The smallest absolute Gasteiger partial charge is 0.191 e. The van der Waals surface area contributed by atoms with Crippen LogP contribution < -0.4 is 10.6 Å². The number of guanidine groups is 1. The molecule has 1 aromatic heterocycles. The maximum atomic E-state index is 5.12. The molecule has 0 fully saturated rings. The summed E-state index contributed by atoms with van der Waals surface area (Å²) in [6.45, 7) is 8.47. The molecular weight excluding hydrogens is 252 g/mol. The molecule has 0 saturated carbocycles. The van der Waals surface area contributed by atoms with Crippen LogP contribution >= 0.6 is 0 Å². The molecule has 0 saturated heterocycles. The molecule has 2 N–H and O–H groups in total. The molecule has 0 radical (unpaired) electrons. The van der Waals surface area contributed by atoms with E-state index in [4.69, 9.17) is 4.74 Å². The lowest BCUT2D eigenvalue weighted by Crippen LogP contribution is -2.44. The van der Waals surface area contributed by atoms with Gasteiger partial charge in [0.1, 0.15) is 0 Å². The summed E-state index contributed by atoms with van der Waals surface area (Å²) < 4.78 is 5.12. The third kappa shape index (κ3) is 6.02. The summed E-state index contributed by atoms with van der Waals surface area (Å²) in [5, 5.41) is 6.57. The number of aliphatic imine (C=N–C) groups is 1. The van der Waals surface area contributed by atoms with Gasteiger partial charge in [-0.1, -0.05) is 0 Å². The van der Waals surface area contributed by atoms with E-state index in [2.05, 4.69) is 47.4 Å². The van der Waals surface area contributed by atoms with E-state index in [9.17, 15) is 0 Å². The van der Waals surface area contributed by atoms with E-state index < -0.39 is 0 Å². The molecular formula is C15H26N4O. The van der Waals surface area contributed by atoms with Crippen LogP contribution in [0.5, 0.6) is 0 Å². The number of aryl methyl sites for hydroxylation is 1. The Kier molecular flexibility index (Phi) is 7.65. The van der Waals surface area contributed by atoms with Gasteiger partial charge in [0.2, 0.25) is 0 Å². The Hall–Kier alpha value is -1.62. The summed E-state index contributed by atoms with van der Waals surface area (Å²) in [7, 11) is 1.70. The number of aromatic nitrogens is 1. The van der Waals surface area contributed by atoms with Crippen molar-refractivity contribution in [3.8, 4) is 0 Å². The number of nitrogens with zero attached hydrogens (tertiary/aromatic N) is 2. The number of ether oxygens (including phenoxy) is 1. The van der Waals surface area contributed by atoms with Crippen LogP contribution in [-0.2, 0) is 11.2 Å². The van der Waals surface area contributed by atoms with Crippen molar-refractivity contribution in [2.24, 2.45) is 4.99 Å². The average Bonchev–Trinajstić information content (AvgIpc) is 2.41. The van der Waals surface area contributed by atoms with E-state index in [0.29, 0.717) is 6.61 Å². The van der Waals surface area contributed by atoms with Crippen molar-refractivity contribution in [2.45, 2.75) is 33.2 Å². The first-order valence-electron chi connectivity index (χ1n) is 7.10. The fourth-order valence-electron chi connectivity index (χ4n) is 1.92. The van der Waals surface area contributed by atoms with Gasteiger partial charge in [0.25, 0.3) is 0 Å². The Morgan fingerprint density at radius 3 is 2.95 bits per heavy atom. The number of hydrogen-bond acceptors (Lipinski definition) is 3. The van der Waals surface area contributed by atoms with Crippen LogP contribution in [0.4, 0.5) is 0 Å². The summed E-state index contributed by atoms with van der Waals surface area (Å²) >= 11 is 0. The Balaban J connectivity index is 2.52. The molecule has 20 heavy (non-hydrogen) atoms. The molecule has 112 valence electrons. The highest BCUT2D eigenvalue weighted by Gasteiger charge is 2.04. The monoisotopic (exact) mass is 278 g/mol. The van der Waals surface area contributed by atoms with Crippen LogP contribution in [0.3, 0.4) is 0 Å². The molecule has 0 aliphatic heterocycles. The summed E-state index contributed by atoms with van der Waals surface area (Å²) in [4.78, 5) is 8.69. The quantitative estimate of drug-likeness (QED) is 0.586. The summed E-state index contributed by atoms with van der Waals surface area (Å²) in [5.41, 5.74) is 2.51. The van der Waals surface area contributed by atoms with Crippen molar-refractivity contribution in [2.75, 3.05) is 26.8 Å². The fraction of sp³-hybridized carbons (Fsp3) is 0.600. The fourth-order valence-corrected chi connectivity index (χ4v) is 1.92. The number of pyridine rings is 1. The van der Waals surface area contributed by atoms with Crippen LogP contribution in [0.15, 0.2) is 23.5 Å². The van der Waals surface area contributed by atoms with Crippen LogP contribution in [0.1, 0.15) is 25.0 Å². The number of hydrogen-bond donors (Lipinski definition) is 2. The molecule has 0 amide bonds. The molecule has 5 nitrogen and oxygen atoms in total. The van der Waals surface area contributed by atoms with Gasteiger partial charge in [-0.05, 0) is 44.4 Å². The lowest BCUT2D eigenvalue weighted by atomic mass is 10.1. The van der Waals surface area contributed by atoms with Crippen molar-refractivity contribution in [1.82, 2.24) is 15.6 Å². The largest absolute Gasteiger partial charge is 0.383 e. The molecule has 5 heteroatoms. The third-order valence-electron chi connectivity index (χ3n) is 2.93. The molecule has 0 aromatic carbocycles. The second-order valence-electron chi connectivity index (χ2n) is 4.81. The van der Waals surface area contributed by atoms with Crippen molar-refractivity contribution in [3.05, 3.63) is 29.6 Å². The normalized spacial score (nSPS) is 13.1. The predicted octanol–water partition coefficient (Wildman–Crippen LogP) is 1.52. The molecule has 1 atom stereocenters. The highest BCUT2D eigenvalue weighted by atomic mass is 16.5. The van der Waals surface area contributed by atoms with E-state index in [1.54, 1.807) is 7.11 Å². The zero-order valence-electron chi connectivity index (χ0n) is 12.9. The minimum Gasteiger partial charge on any atom is -0.383 e. The highest BCUT2D eigenvalue weighted by Crippen LogP contribution is 2.05. The molecule has 0 aliphatic rings. The van der Waals surface area contributed by atoms with Crippen LogP contribution in [0.2, 0.25) is 0 Å². The van der Waals surface area contributed by atoms with Crippen LogP contribution in [-0.4, -0.2) is 43.8 Å². The molecule has 0 aliphatic carbocycles. The molecule has 1 heterocycles. The lowest BCUT2D eigenvalue weighted by Gasteiger charge is -2.17. The molecule has 0 bridgehead atoms. The zero-order valence-corrected chi connectivity index (χ0v) is 12.9. The standard InChI is InChI=1S/C15H26N4O/c1-5-17-15(19-13(3)11-20-4)18-9-7-14-6-8-16-10-12(14)2/h6,8,10,13H,5,7,9,11H2,1-4H3,(H2,17,18,19). The molecule has 0 spiro atoms. The SMILES string of the molecule is CCNC(=NCCc1ccncc1C)NC(C)COC. The van der Waals surface area contributed by atoms with E-state index in [0.717, 1.165) is 25.5 Å². The van der Waals surface area contributed by atoms with Gasteiger partial charge in [0.05, 0.1) is 6.61 Å². The third-order valence-corrected chi connectivity index (χ3v) is 2.93. The van der Waals surface area contributed by atoms with Gasteiger partial charge in [-0.2, -0.15) is 0 Å². The van der Waals surface area contributed by atoms with E-state index >= 15 is 0 Å². The first-order chi connectivity index (χ1) is 9.67. The van der Waals surface area contributed by atoms with Crippen molar-refractivity contribution in [3.63, 3.8) is 0 Å². The van der Waals surface area contributed by atoms with E-state index in [-0.39, 0.29) is 6.04 Å². The zero-order chi connectivity index (χ0) is 14.8. The summed E-state index contributed by atoms with van der Waals surface area (Å²) in [6.07, 6.45) is 4.64. The average molecular weight is 278 g/mol. The van der Waals surface area contributed by atoms with Crippen molar-refractivity contribution >= 4 is 5.96 Å². The number of rotatable bonds is 7. The second-order valence-corrected chi connectivity index (χ2v) is 4.81. The van der Waals surface area contributed by atoms with Gasteiger partial charge in [0.15, 0.2) is 5.96 Å².